The van der Waals surface area contributed by atoms with Crippen LogP contribution in [0.4, 0.5) is 13.2 Å². The molecule has 0 aliphatic carbocycles. The van der Waals surface area contributed by atoms with E-state index in [-0.39, 0.29) is 12.6 Å². The topological polar surface area (TPSA) is 50.8 Å². The summed E-state index contributed by atoms with van der Waals surface area (Å²) in [6, 6.07) is 17.0. The third kappa shape index (κ3) is 3.80. The van der Waals surface area contributed by atoms with Gasteiger partial charge >= 0.3 is 12.2 Å². The van der Waals surface area contributed by atoms with E-state index in [2.05, 4.69) is 4.98 Å². The number of ether oxygens (including phenoxy) is 1. The van der Waals surface area contributed by atoms with E-state index in [1.807, 2.05) is 24.3 Å². The molecule has 0 amide bonds. The summed E-state index contributed by atoms with van der Waals surface area (Å²) in [6.07, 6.45) is -3.70. The molecule has 0 atom stereocenters. The van der Waals surface area contributed by atoms with Gasteiger partial charge in [-0.3, -0.25) is 4.57 Å². The van der Waals surface area contributed by atoms with E-state index in [1.54, 1.807) is 12.1 Å². The first-order valence-electron chi connectivity index (χ1n) is 7.31. The van der Waals surface area contributed by atoms with Crippen molar-refractivity contribution in [1.82, 2.24) is 9.55 Å². The van der Waals surface area contributed by atoms with E-state index in [9.17, 15) is 13.2 Å². The van der Waals surface area contributed by atoms with Crippen LogP contribution in [-0.2, 0) is 12.8 Å². The van der Waals surface area contributed by atoms with Crippen LogP contribution in [-0.4, -0.2) is 9.55 Å². The summed E-state index contributed by atoms with van der Waals surface area (Å²) in [7, 11) is 0. The molecule has 7 heteroatoms. The molecule has 0 spiro atoms. The summed E-state index contributed by atoms with van der Waals surface area (Å²) in [4.78, 5) is 3.57. The molecule has 25 heavy (non-hydrogen) atoms. The zero-order valence-corrected chi connectivity index (χ0v) is 12.9. The van der Waals surface area contributed by atoms with Crippen molar-refractivity contribution in [3.8, 4) is 17.8 Å². The number of halogens is 3. The van der Waals surface area contributed by atoms with Crippen LogP contribution in [0.25, 0.3) is 5.69 Å². The van der Waals surface area contributed by atoms with Crippen molar-refractivity contribution in [2.24, 2.45) is 0 Å². The fraction of sp³-hybridized carbons (Fsp3) is 0.111. The molecule has 3 rings (SSSR count). The van der Waals surface area contributed by atoms with Crippen LogP contribution >= 0.6 is 0 Å². The molecule has 0 radical (unpaired) electrons. The van der Waals surface area contributed by atoms with Gasteiger partial charge in [-0.2, -0.15) is 23.4 Å². The summed E-state index contributed by atoms with van der Waals surface area (Å²) >= 11 is 0. The second-order valence-electron chi connectivity index (χ2n) is 5.21. The summed E-state index contributed by atoms with van der Waals surface area (Å²) in [5.74, 6) is 0. The van der Waals surface area contributed by atoms with Crippen LogP contribution in [0.1, 0.15) is 16.8 Å². The maximum Gasteiger partial charge on any atom is 0.435 e. The number of nitriles is 1. The number of hydrogen-bond acceptors (Lipinski definition) is 3. The van der Waals surface area contributed by atoms with Crippen molar-refractivity contribution in [2.45, 2.75) is 12.8 Å². The Bertz CT molecular complexity index is 894. The van der Waals surface area contributed by atoms with Gasteiger partial charge < -0.3 is 4.74 Å². The average molecular weight is 343 g/mol. The Balaban J connectivity index is 1.94. The van der Waals surface area contributed by atoms with Crippen molar-refractivity contribution < 1.29 is 17.9 Å². The lowest BCUT2D eigenvalue weighted by atomic mass is 10.2. The number of aromatic nitrogens is 2. The number of benzene rings is 2. The van der Waals surface area contributed by atoms with Crippen LogP contribution in [0.2, 0.25) is 0 Å². The van der Waals surface area contributed by atoms with E-state index in [1.165, 1.54) is 28.8 Å². The fourth-order valence-electron chi connectivity index (χ4n) is 2.21. The molecule has 0 bridgehead atoms. The highest BCUT2D eigenvalue weighted by Gasteiger charge is 2.35. The smallest absolute Gasteiger partial charge is 0.435 e. The van der Waals surface area contributed by atoms with Gasteiger partial charge in [-0.15, -0.1) is 0 Å². The molecule has 0 aliphatic rings. The molecule has 0 saturated carbocycles. The number of rotatable bonds is 4. The van der Waals surface area contributed by atoms with Crippen molar-refractivity contribution in [3.63, 3.8) is 0 Å². The highest BCUT2D eigenvalue weighted by atomic mass is 19.4. The van der Waals surface area contributed by atoms with E-state index < -0.39 is 11.9 Å². The molecule has 126 valence electrons. The third-order valence-corrected chi connectivity index (χ3v) is 3.45. The number of nitrogens with zero attached hydrogens (tertiary/aromatic N) is 3. The molecule has 0 unspecified atom stereocenters. The Morgan fingerprint density at radius 2 is 1.72 bits per heavy atom. The first-order chi connectivity index (χ1) is 12.0. The normalized spacial score (nSPS) is 11.1. The van der Waals surface area contributed by atoms with Crippen molar-refractivity contribution in [3.05, 3.63) is 77.6 Å². The quantitative estimate of drug-likeness (QED) is 0.708. The van der Waals surface area contributed by atoms with Gasteiger partial charge in [-0.25, -0.2) is 0 Å². The second-order valence-corrected chi connectivity index (χ2v) is 5.21. The summed E-state index contributed by atoms with van der Waals surface area (Å²) < 4.78 is 45.7. The summed E-state index contributed by atoms with van der Waals surface area (Å²) in [5, 5.41) is 8.83. The molecule has 0 N–H and O–H groups in total. The number of hydrogen-bond donors (Lipinski definition) is 0. The lowest BCUT2D eigenvalue weighted by Crippen LogP contribution is -2.05. The number of alkyl halides is 3. The Morgan fingerprint density at radius 3 is 2.32 bits per heavy atom. The largest absolute Gasteiger partial charge is 0.460 e. The Hall–Kier alpha value is -3.27. The van der Waals surface area contributed by atoms with E-state index in [0.29, 0.717) is 11.3 Å². The van der Waals surface area contributed by atoms with Crippen molar-refractivity contribution in [2.75, 3.05) is 0 Å². The van der Waals surface area contributed by atoms with Crippen LogP contribution < -0.4 is 4.74 Å². The minimum absolute atomic E-state index is 0.0887. The fourth-order valence-corrected chi connectivity index (χ4v) is 2.21. The first-order valence-corrected chi connectivity index (χ1v) is 7.31. The van der Waals surface area contributed by atoms with Gasteiger partial charge in [0.1, 0.15) is 6.61 Å². The molecule has 3 aromatic rings. The van der Waals surface area contributed by atoms with E-state index in [4.69, 9.17) is 10.00 Å². The van der Waals surface area contributed by atoms with Gasteiger partial charge in [0, 0.05) is 6.20 Å². The molecular weight excluding hydrogens is 331 g/mol. The molecule has 1 aromatic heterocycles. The van der Waals surface area contributed by atoms with Crippen LogP contribution in [0, 0.1) is 11.3 Å². The molecule has 0 fully saturated rings. The monoisotopic (exact) mass is 343 g/mol. The average Bonchev–Trinajstić information content (AvgIpc) is 3.05. The predicted octanol–water partition coefficient (Wildman–Crippen LogP) is 4.34. The van der Waals surface area contributed by atoms with Crippen LogP contribution in [0.15, 0.2) is 60.8 Å². The molecule has 4 nitrogen and oxygen atoms in total. The van der Waals surface area contributed by atoms with Gasteiger partial charge in [0.15, 0.2) is 5.69 Å². The van der Waals surface area contributed by atoms with E-state index in [0.717, 1.165) is 11.8 Å². The molecular formula is C18H12F3N3O. The third-order valence-electron chi connectivity index (χ3n) is 3.45. The minimum atomic E-state index is -4.58. The van der Waals surface area contributed by atoms with Crippen molar-refractivity contribution in [1.29, 1.82) is 5.26 Å². The van der Waals surface area contributed by atoms with Gasteiger partial charge in [0.05, 0.1) is 17.3 Å². The van der Waals surface area contributed by atoms with Gasteiger partial charge in [-0.05, 0) is 29.8 Å². The Labute approximate surface area is 141 Å². The maximum atomic E-state index is 13.0. The van der Waals surface area contributed by atoms with Crippen LogP contribution in [0.5, 0.6) is 6.01 Å². The number of imidazole rings is 1. The van der Waals surface area contributed by atoms with Gasteiger partial charge in [0.25, 0.3) is 0 Å². The molecule has 2 aromatic carbocycles. The molecule has 0 aliphatic heterocycles. The molecule has 0 saturated heterocycles. The minimum Gasteiger partial charge on any atom is -0.460 e. The highest BCUT2D eigenvalue weighted by molar-refractivity contribution is 5.41. The maximum absolute atomic E-state index is 13.0. The summed E-state index contributed by atoms with van der Waals surface area (Å²) in [5.41, 5.74) is 0.599. The lowest BCUT2D eigenvalue weighted by molar-refractivity contribution is -0.141. The first kappa shape index (κ1) is 16.6. The van der Waals surface area contributed by atoms with Crippen LogP contribution in [0.3, 0.4) is 0 Å². The predicted molar refractivity (Wildman–Crippen MR) is 84.1 cm³/mol. The second kappa shape index (κ2) is 6.69. The Morgan fingerprint density at radius 1 is 1.04 bits per heavy atom. The standard InChI is InChI=1S/C18H12F3N3O/c19-18(20,21)16-11-24(15-8-6-13(10-22)7-9-15)17(23-16)25-12-14-4-2-1-3-5-14/h1-9,11H,12H2. The summed E-state index contributed by atoms with van der Waals surface area (Å²) in [6.45, 7) is 0.0887. The van der Waals surface area contributed by atoms with Gasteiger partial charge in [-0.1, -0.05) is 30.3 Å². The zero-order valence-electron chi connectivity index (χ0n) is 12.9. The SMILES string of the molecule is N#Cc1ccc(-n2cc(C(F)(F)F)nc2OCc2ccccc2)cc1. The van der Waals surface area contributed by atoms with Crippen molar-refractivity contribution >= 4 is 0 Å². The highest BCUT2D eigenvalue weighted by Crippen LogP contribution is 2.32. The van der Waals surface area contributed by atoms with E-state index >= 15 is 0 Å². The molecule has 1 heterocycles. The lowest BCUT2D eigenvalue weighted by Gasteiger charge is -2.09. The zero-order chi connectivity index (χ0) is 17.9. The Kier molecular flexibility index (Phi) is 4.44. The van der Waals surface area contributed by atoms with Gasteiger partial charge in [0.2, 0.25) is 0 Å².